The molecule has 106 valence electrons. The van der Waals surface area contributed by atoms with Crippen LogP contribution in [-0.2, 0) is 4.74 Å². The highest BCUT2D eigenvalue weighted by Crippen LogP contribution is 2.17. The molecular formula is C14H24N4O. The topological polar surface area (TPSA) is 62.9 Å². The molecule has 19 heavy (non-hydrogen) atoms. The number of aliphatic imine (C=N–C) groups is 1. The largest absolute Gasteiger partial charge is 0.382 e. The first-order valence-corrected chi connectivity index (χ1v) is 6.33. The molecule has 0 amide bonds. The maximum atomic E-state index is 5.57. The summed E-state index contributed by atoms with van der Waals surface area (Å²) >= 11 is 0. The average Bonchev–Trinajstić information content (AvgIpc) is 2.34. The standard InChI is InChI=1S/C14H24N4O/c1-10-6-11(2)8-13(7-10)18(4)14(17-15)16-12(3)9-19-5/h6-8,12H,9,15H2,1-5H3,(H,16,17). The van der Waals surface area contributed by atoms with Crippen molar-refractivity contribution in [3.8, 4) is 0 Å². The van der Waals surface area contributed by atoms with Gasteiger partial charge in [-0.3, -0.25) is 5.43 Å². The van der Waals surface area contributed by atoms with Crippen molar-refractivity contribution < 1.29 is 4.74 Å². The molecule has 0 heterocycles. The number of hydrogen-bond donors (Lipinski definition) is 2. The zero-order valence-electron chi connectivity index (χ0n) is 12.4. The fourth-order valence-corrected chi connectivity index (χ4v) is 1.97. The van der Waals surface area contributed by atoms with Crippen LogP contribution in [0.3, 0.4) is 0 Å². The first-order valence-electron chi connectivity index (χ1n) is 6.33. The number of rotatable bonds is 4. The van der Waals surface area contributed by atoms with Gasteiger partial charge < -0.3 is 9.64 Å². The van der Waals surface area contributed by atoms with Crippen molar-refractivity contribution in [2.45, 2.75) is 26.8 Å². The molecule has 0 aliphatic heterocycles. The molecule has 5 heteroatoms. The molecule has 0 fully saturated rings. The molecule has 0 saturated heterocycles. The Labute approximate surface area is 115 Å². The van der Waals surface area contributed by atoms with E-state index in [1.165, 1.54) is 11.1 Å². The van der Waals surface area contributed by atoms with Gasteiger partial charge in [0, 0.05) is 19.8 Å². The zero-order chi connectivity index (χ0) is 14.4. The maximum absolute atomic E-state index is 5.57. The van der Waals surface area contributed by atoms with E-state index in [-0.39, 0.29) is 6.04 Å². The smallest absolute Gasteiger partial charge is 0.213 e. The highest BCUT2D eigenvalue weighted by Gasteiger charge is 2.10. The molecule has 1 atom stereocenters. The summed E-state index contributed by atoms with van der Waals surface area (Å²) in [7, 11) is 3.60. The van der Waals surface area contributed by atoms with Crippen LogP contribution in [0, 0.1) is 13.8 Å². The number of nitrogens with zero attached hydrogens (tertiary/aromatic N) is 2. The molecule has 0 spiro atoms. The number of guanidine groups is 1. The first kappa shape index (κ1) is 15.5. The number of nitrogens with two attached hydrogens (primary N) is 1. The minimum atomic E-state index is 0.0457. The van der Waals surface area contributed by atoms with Crippen LogP contribution in [0.4, 0.5) is 5.69 Å². The number of anilines is 1. The number of hydrogen-bond acceptors (Lipinski definition) is 3. The van der Waals surface area contributed by atoms with Crippen molar-refractivity contribution in [2.75, 3.05) is 25.7 Å². The number of nitrogens with one attached hydrogen (secondary N) is 1. The molecule has 3 N–H and O–H groups in total. The van der Waals surface area contributed by atoms with Gasteiger partial charge >= 0.3 is 0 Å². The lowest BCUT2D eigenvalue weighted by Crippen LogP contribution is -2.44. The van der Waals surface area contributed by atoms with Crippen molar-refractivity contribution in [1.82, 2.24) is 5.43 Å². The molecule has 0 bridgehead atoms. The van der Waals surface area contributed by atoms with Gasteiger partial charge in [0.25, 0.3) is 0 Å². The van der Waals surface area contributed by atoms with E-state index < -0.39 is 0 Å². The molecular weight excluding hydrogens is 240 g/mol. The summed E-state index contributed by atoms with van der Waals surface area (Å²) in [5, 5.41) is 0. The quantitative estimate of drug-likeness (QED) is 0.375. The van der Waals surface area contributed by atoms with Gasteiger partial charge in [-0.05, 0) is 44.0 Å². The molecule has 0 saturated carbocycles. The second-order valence-corrected chi connectivity index (χ2v) is 4.81. The Balaban J connectivity index is 2.97. The molecule has 1 unspecified atom stereocenters. The lowest BCUT2D eigenvalue weighted by Gasteiger charge is -2.22. The summed E-state index contributed by atoms with van der Waals surface area (Å²) < 4.78 is 5.08. The normalized spacial score (nSPS) is 13.3. The highest BCUT2D eigenvalue weighted by atomic mass is 16.5. The fourth-order valence-electron chi connectivity index (χ4n) is 1.97. The van der Waals surface area contributed by atoms with Crippen LogP contribution in [0.1, 0.15) is 18.1 Å². The Morgan fingerprint density at radius 3 is 2.42 bits per heavy atom. The van der Waals surface area contributed by atoms with Gasteiger partial charge in [-0.2, -0.15) is 0 Å². The van der Waals surface area contributed by atoms with E-state index in [1.54, 1.807) is 7.11 Å². The predicted octanol–water partition coefficient (Wildman–Crippen LogP) is 1.59. The van der Waals surface area contributed by atoms with E-state index in [4.69, 9.17) is 10.6 Å². The number of hydrazine groups is 1. The van der Waals surface area contributed by atoms with Gasteiger partial charge in [0.15, 0.2) is 0 Å². The third kappa shape index (κ3) is 4.54. The van der Waals surface area contributed by atoms with Gasteiger partial charge in [0.05, 0.1) is 12.6 Å². The lowest BCUT2D eigenvalue weighted by atomic mass is 10.1. The number of aryl methyl sites for hydroxylation is 2. The minimum Gasteiger partial charge on any atom is -0.382 e. The summed E-state index contributed by atoms with van der Waals surface area (Å²) in [6.07, 6.45) is 0. The Kier molecular flexibility index (Phi) is 5.79. The SMILES string of the molecule is COCC(C)N=C(NN)N(C)c1cc(C)cc(C)c1. The van der Waals surface area contributed by atoms with Crippen LogP contribution in [0.2, 0.25) is 0 Å². The van der Waals surface area contributed by atoms with Gasteiger partial charge in [0.2, 0.25) is 5.96 Å². The van der Waals surface area contributed by atoms with E-state index in [2.05, 4.69) is 42.5 Å². The Morgan fingerprint density at radius 2 is 1.95 bits per heavy atom. The van der Waals surface area contributed by atoms with Gasteiger partial charge in [-0.1, -0.05) is 6.07 Å². The van der Waals surface area contributed by atoms with Crippen molar-refractivity contribution in [3.63, 3.8) is 0 Å². The molecule has 0 aliphatic rings. The van der Waals surface area contributed by atoms with E-state index >= 15 is 0 Å². The van der Waals surface area contributed by atoms with Gasteiger partial charge in [-0.25, -0.2) is 10.8 Å². The van der Waals surface area contributed by atoms with Crippen molar-refractivity contribution in [1.29, 1.82) is 0 Å². The van der Waals surface area contributed by atoms with Gasteiger partial charge in [-0.15, -0.1) is 0 Å². The number of ether oxygens (including phenoxy) is 1. The Morgan fingerprint density at radius 1 is 1.37 bits per heavy atom. The second kappa shape index (κ2) is 7.11. The third-order valence-electron chi connectivity index (χ3n) is 2.79. The molecule has 0 aromatic heterocycles. The Hall–Kier alpha value is -1.59. The molecule has 0 radical (unpaired) electrons. The van der Waals surface area contributed by atoms with Gasteiger partial charge in [0.1, 0.15) is 0 Å². The Bertz CT molecular complexity index is 425. The third-order valence-corrected chi connectivity index (χ3v) is 2.79. The highest BCUT2D eigenvalue weighted by molar-refractivity contribution is 5.95. The van der Waals surface area contributed by atoms with Crippen molar-refractivity contribution in [3.05, 3.63) is 29.3 Å². The predicted molar refractivity (Wildman–Crippen MR) is 80.4 cm³/mol. The minimum absolute atomic E-state index is 0.0457. The van der Waals surface area contributed by atoms with Crippen LogP contribution < -0.4 is 16.2 Å². The molecule has 1 rings (SSSR count). The van der Waals surface area contributed by atoms with Crippen LogP contribution in [0.5, 0.6) is 0 Å². The van der Waals surface area contributed by atoms with E-state index in [0.717, 1.165) is 5.69 Å². The van der Waals surface area contributed by atoms with E-state index in [0.29, 0.717) is 12.6 Å². The summed E-state index contributed by atoms with van der Waals surface area (Å²) in [5.41, 5.74) is 6.13. The average molecular weight is 264 g/mol. The summed E-state index contributed by atoms with van der Waals surface area (Å²) in [6, 6.07) is 6.38. The second-order valence-electron chi connectivity index (χ2n) is 4.81. The summed E-state index contributed by atoms with van der Waals surface area (Å²) in [5.74, 6) is 6.19. The summed E-state index contributed by atoms with van der Waals surface area (Å²) in [6.45, 7) is 6.69. The van der Waals surface area contributed by atoms with E-state index in [9.17, 15) is 0 Å². The maximum Gasteiger partial charge on any atom is 0.213 e. The molecule has 5 nitrogen and oxygen atoms in total. The first-order chi connectivity index (χ1) is 8.97. The van der Waals surface area contributed by atoms with Crippen LogP contribution in [-0.4, -0.2) is 32.8 Å². The molecule has 1 aromatic rings. The van der Waals surface area contributed by atoms with Crippen molar-refractivity contribution in [2.24, 2.45) is 10.8 Å². The molecule has 0 aliphatic carbocycles. The zero-order valence-corrected chi connectivity index (χ0v) is 12.4. The van der Waals surface area contributed by atoms with Crippen LogP contribution in [0.15, 0.2) is 23.2 Å². The lowest BCUT2D eigenvalue weighted by molar-refractivity contribution is 0.185. The fraction of sp³-hybridized carbons (Fsp3) is 0.500. The van der Waals surface area contributed by atoms with E-state index in [1.807, 2.05) is 18.9 Å². The summed E-state index contributed by atoms with van der Waals surface area (Å²) in [4.78, 5) is 6.44. The van der Waals surface area contributed by atoms with Crippen LogP contribution >= 0.6 is 0 Å². The monoisotopic (exact) mass is 264 g/mol. The number of benzene rings is 1. The molecule has 1 aromatic carbocycles. The number of methoxy groups -OCH3 is 1. The van der Waals surface area contributed by atoms with Crippen LogP contribution in [0.25, 0.3) is 0 Å². The van der Waals surface area contributed by atoms with Crippen molar-refractivity contribution >= 4 is 11.6 Å².